The molecule has 2 N–H and O–H groups in total. The molecule has 2 rings (SSSR count). The van der Waals surface area contributed by atoms with E-state index in [1.165, 1.54) is 11.8 Å². The zero-order valence-corrected chi connectivity index (χ0v) is 20.5. The number of hydrogen-bond acceptors (Lipinski definition) is 7. The fraction of sp³-hybridized carbons (Fsp3) is 0.391. The van der Waals surface area contributed by atoms with Crippen LogP contribution in [0.3, 0.4) is 0 Å². The van der Waals surface area contributed by atoms with E-state index in [0.29, 0.717) is 39.6 Å². The van der Waals surface area contributed by atoms with E-state index in [0.717, 1.165) is 0 Å². The minimum absolute atomic E-state index is 0.175. The second-order valence-corrected chi connectivity index (χ2v) is 8.61. The number of nitrogens with one attached hydrogen (secondary N) is 2. The first kappa shape index (κ1) is 26.5. The Balaban J connectivity index is 2.06. The Labute approximate surface area is 201 Å². The van der Waals surface area contributed by atoms with E-state index in [9.17, 15) is 19.2 Å². The van der Waals surface area contributed by atoms with E-state index in [4.69, 9.17) is 21.1 Å². The average molecular weight is 495 g/mol. The number of esters is 2. The number of H-pyrrole nitrogens is 1. The van der Waals surface area contributed by atoms with E-state index in [2.05, 4.69) is 10.3 Å². The van der Waals surface area contributed by atoms with Crippen molar-refractivity contribution in [2.24, 2.45) is 0 Å². The number of carbonyl (C=O) groups is 4. The molecule has 1 unspecified atom stereocenters. The predicted molar refractivity (Wildman–Crippen MR) is 127 cm³/mol. The van der Waals surface area contributed by atoms with Gasteiger partial charge in [-0.2, -0.15) is 11.8 Å². The second kappa shape index (κ2) is 12.5. The number of aromatic nitrogens is 1. The van der Waals surface area contributed by atoms with Crippen LogP contribution >= 0.6 is 23.4 Å². The molecule has 0 saturated carbocycles. The summed E-state index contributed by atoms with van der Waals surface area (Å²) in [5, 5.41) is 3.14. The maximum atomic E-state index is 12.7. The molecule has 2 aromatic rings. The van der Waals surface area contributed by atoms with Crippen LogP contribution < -0.4 is 5.32 Å². The molecule has 0 aliphatic carbocycles. The third-order valence-electron chi connectivity index (χ3n) is 4.85. The molecule has 178 valence electrons. The quantitative estimate of drug-likeness (QED) is 0.361. The number of rotatable bonds is 11. The number of ether oxygens (including phenoxy) is 2. The van der Waals surface area contributed by atoms with Crippen molar-refractivity contribution in [3.63, 3.8) is 0 Å². The Morgan fingerprint density at radius 2 is 1.79 bits per heavy atom. The van der Waals surface area contributed by atoms with Crippen LogP contribution in [0.5, 0.6) is 0 Å². The molecule has 0 radical (unpaired) electrons. The molecule has 1 amide bonds. The Kier molecular flexibility index (Phi) is 9.99. The minimum atomic E-state index is -0.921. The Morgan fingerprint density at radius 3 is 2.39 bits per heavy atom. The minimum Gasteiger partial charge on any atom is -0.462 e. The lowest BCUT2D eigenvalue weighted by molar-refractivity contribution is -0.144. The summed E-state index contributed by atoms with van der Waals surface area (Å²) in [6.07, 6.45) is 2.21. The van der Waals surface area contributed by atoms with Crippen LogP contribution in [0, 0.1) is 13.8 Å². The SMILES string of the molecule is CCOC(=O)c1c(C)[nH]c(C(=O)COC(=O)C(CCSC)NC(=O)c2ccc(Cl)cc2)c1C. The molecule has 1 heterocycles. The van der Waals surface area contributed by atoms with Gasteiger partial charge in [0.1, 0.15) is 6.04 Å². The largest absolute Gasteiger partial charge is 0.462 e. The third-order valence-corrected chi connectivity index (χ3v) is 5.74. The van der Waals surface area contributed by atoms with Gasteiger partial charge in [0.15, 0.2) is 6.61 Å². The summed E-state index contributed by atoms with van der Waals surface area (Å²) in [5.41, 5.74) is 1.74. The number of halogens is 1. The molecule has 0 bridgehead atoms. The lowest BCUT2D eigenvalue weighted by Crippen LogP contribution is -2.42. The monoisotopic (exact) mass is 494 g/mol. The van der Waals surface area contributed by atoms with Crippen LogP contribution in [-0.2, 0) is 14.3 Å². The van der Waals surface area contributed by atoms with Gasteiger partial charge >= 0.3 is 11.9 Å². The molecule has 33 heavy (non-hydrogen) atoms. The van der Waals surface area contributed by atoms with Crippen LogP contribution in [0.2, 0.25) is 5.02 Å². The standard InChI is InChI=1S/C23H27ClN2O6S/c1-5-31-23(30)19-13(2)20(25-14(19)3)18(27)12-32-22(29)17(10-11-33-4)26-21(28)15-6-8-16(24)9-7-15/h6-9,17,25H,5,10-12H2,1-4H3,(H,26,28). The van der Waals surface area contributed by atoms with Gasteiger partial charge in [0, 0.05) is 16.3 Å². The van der Waals surface area contributed by atoms with E-state index >= 15 is 0 Å². The van der Waals surface area contributed by atoms with Gasteiger partial charge in [-0.15, -0.1) is 0 Å². The zero-order valence-electron chi connectivity index (χ0n) is 19.0. The van der Waals surface area contributed by atoms with Crippen molar-refractivity contribution < 1.29 is 28.7 Å². The first-order valence-corrected chi connectivity index (χ1v) is 12.1. The van der Waals surface area contributed by atoms with Crippen molar-refractivity contribution in [2.75, 3.05) is 25.2 Å². The van der Waals surface area contributed by atoms with E-state index in [1.54, 1.807) is 45.0 Å². The highest BCUT2D eigenvalue weighted by Crippen LogP contribution is 2.20. The van der Waals surface area contributed by atoms with Crippen molar-refractivity contribution in [1.29, 1.82) is 0 Å². The third kappa shape index (κ3) is 7.10. The van der Waals surface area contributed by atoms with Crippen molar-refractivity contribution in [1.82, 2.24) is 10.3 Å². The summed E-state index contributed by atoms with van der Waals surface area (Å²) in [4.78, 5) is 52.8. The highest BCUT2D eigenvalue weighted by Gasteiger charge is 2.26. The van der Waals surface area contributed by atoms with Gasteiger partial charge in [0.25, 0.3) is 5.91 Å². The number of benzene rings is 1. The van der Waals surface area contributed by atoms with E-state index in [1.807, 2.05) is 6.26 Å². The Morgan fingerprint density at radius 1 is 1.12 bits per heavy atom. The van der Waals surface area contributed by atoms with Gasteiger partial charge in [-0.05, 0) is 69.0 Å². The number of Topliss-reactive ketones (excluding diaryl/α,β-unsaturated/α-hetero) is 1. The molecule has 1 atom stereocenters. The summed E-state index contributed by atoms with van der Waals surface area (Å²) in [6.45, 7) is 4.66. The zero-order chi connectivity index (χ0) is 24.5. The summed E-state index contributed by atoms with van der Waals surface area (Å²) in [6, 6.07) is 5.34. The lowest BCUT2D eigenvalue weighted by atomic mass is 10.1. The molecule has 1 aromatic heterocycles. The van der Waals surface area contributed by atoms with Gasteiger partial charge < -0.3 is 19.8 Å². The van der Waals surface area contributed by atoms with Crippen LogP contribution in [-0.4, -0.2) is 59.9 Å². The van der Waals surface area contributed by atoms with E-state index < -0.39 is 36.3 Å². The molecule has 0 aliphatic heterocycles. The molecule has 8 nitrogen and oxygen atoms in total. The number of amides is 1. The Hall–Kier alpha value is -2.78. The van der Waals surface area contributed by atoms with Crippen molar-refractivity contribution >= 4 is 47.0 Å². The van der Waals surface area contributed by atoms with Crippen LogP contribution in [0.1, 0.15) is 55.8 Å². The van der Waals surface area contributed by atoms with Gasteiger partial charge in [0.2, 0.25) is 5.78 Å². The summed E-state index contributed by atoms with van der Waals surface area (Å²) < 4.78 is 10.2. The summed E-state index contributed by atoms with van der Waals surface area (Å²) in [5.74, 6) is -1.58. The molecule has 0 fully saturated rings. The highest BCUT2D eigenvalue weighted by atomic mass is 35.5. The van der Waals surface area contributed by atoms with Gasteiger partial charge in [-0.3, -0.25) is 9.59 Å². The Bertz CT molecular complexity index is 1020. The smallest absolute Gasteiger partial charge is 0.340 e. The summed E-state index contributed by atoms with van der Waals surface area (Å²) in [7, 11) is 0. The molecule has 10 heteroatoms. The molecule has 0 spiro atoms. The van der Waals surface area contributed by atoms with Crippen molar-refractivity contribution in [3.8, 4) is 0 Å². The molecule has 0 saturated heterocycles. The van der Waals surface area contributed by atoms with Crippen molar-refractivity contribution in [2.45, 2.75) is 33.2 Å². The normalized spacial score (nSPS) is 11.5. The number of aryl methyl sites for hydroxylation is 1. The molecule has 1 aromatic carbocycles. The molecular formula is C23H27ClN2O6S. The van der Waals surface area contributed by atoms with Crippen LogP contribution in [0.4, 0.5) is 0 Å². The lowest BCUT2D eigenvalue weighted by Gasteiger charge is -2.17. The van der Waals surface area contributed by atoms with E-state index in [-0.39, 0.29) is 12.3 Å². The average Bonchev–Trinajstić information content (AvgIpc) is 3.09. The molecular weight excluding hydrogens is 468 g/mol. The topological polar surface area (TPSA) is 115 Å². The number of carbonyl (C=O) groups excluding carboxylic acids is 4. The van der Waals surface area contributed by atoms with Crippen LogP contribution in [0.25, 0.3) is 0 Å². The highest BCUT2D eigenvalue weighted by molar-refractivity contribution is 7.98. The second-order valence-electron chi connectivity index (χ2n) is 7.19. The number of ketones is 1. The fourth-order valence-electron chi connectivity index (χ4n) is 3.18. The van der Waals surface area contributed by atoms with Gasteiger partial charge in [-0.25, -0.2) is 9.59 Å². The van der Waals surface area contributed by atoms with Crippen molar-refractivity contribution in [3.05, 3.63) is 57.4 Å². The first-order valence-electron chi connectivity index (χ1n) is 10.3. The maximum absolute atomic E-state index is 12.7. The fourth-order valence-corrected chi connectivity index (χ4v) is 3.77. The van der Waals surface area contributed by atoms with Crippen LogP contribution in [0.15, 0.2) is 24.3 Å². The maximum Gasteiger partial charge on any atom is 0.340 e. The molecule has 0 aliphatic rings. The number of aromatic amines is 1. The summed E-state index contributed by atoms with van der Waals surface area (Å²) >= 11 is 7.36. The van der Waals surface area contributed by atoms with Gasteiger partial charge in [0.05, 0.1) is 17.9 Å². The first-order chi connectivity index (χ1) is 15.7. The predicted octanol–water partition coefficient (Wildman–Crippen LogP) is 3.74. The number of hydrogen-bond donors (Lipinski definition) is 2. The number of thioether (sulfide) groups is 1. The van der Waals surface area contributed by atoms with Gasteiger partial charge in [-0.1, -0.05) is 11.6 Å².